The number of hydrogen-bond acceptors (Lipinski definition) is 8. The number of fused-ring (bicyclic) bond motifs is 3. The van der Waals surface area contributed by atoms with Crippen molar-refractivity contribution >= 4 is 28.8 Å². The Morgan fingerprint density at radius 1 is 1.10 bits per heavy atom. The van der Waals surface area contributed by atoms with Crippen molar-refractivity contribution < 1.29 is 29.0 Å². The molecule has 0 saturated carbocycles. The number of likely N-dealkylation sites (tertiary alicyclic amines) is 1. The number of carbonyl (C=O) groups excluding carboxylic acids is 3. The first-order valence-corrected chi connectivity index (χ1v) is 14.2. The van der Waals surface area contributed by atoms with Crippen LogP contribution in [0, 0.1) is 11.8 Å². The molecule has 6 atom stereocenters. The molecule has 3 unspecified atom stereocenters. The normalized spacial score (nSPS) is 32.6. The van der Waals surface area contributed by atoms with Crippen LogP contribution in [0.5, 0.6) is 0 Å². The maximum Gasteiger partial charge on any atom is 0.313 e. The first-order valence-electron chi connectivity index (χ1n) is 14.2. The van der Waals surface area contributed by atoms with E-state index in [0.717, 1.165) is 17.5 Å². The first-order chi connectivity index (χ1) is 19.4. The van der Waals surface area contributed by atoms with Crippen molar-refractivity contribution in [3.8, 4) is 0 Å². The average Bonchev–Trinajstić information content (AvgIpc) is 3.54. The van der Waals surface area contributed by atoms with E-state index < -0.39 is 35.6 Å². The minimum atomic E-state index is -1.30. The van der Waals surface area contributed by atoms with Crippen LogP contribution < -0.4 is 0 Å². The predicted octanol–water partition coefficient (Wildman–Crippen LogP) is 1.81. The van der Waals surface area contributed by atoms with E-state index in [9.17, 15) is 19.5 Å². The van der Waals surface area contributed by atoms with Gasteiger partial charge in [-0.15, -0.1) is 5.10 Å². The highest BCUT2D eigenvalue weighted by Crippen LogP contribution is 2.53. The number of rotatable bonds is 7. The van der Waals surface area contributed by atoms with Crippen LogP contribution in [0.15, 0.2) is 48.6 Å². The summed E-state index contributed by atoms with van der Waals surface area (Å²) in [6.07, 6.45) is 9.91. The summed E-state index contributed by atoms with van der Waals surface area (Å²) >= 11 is 0. The second kappa shape index (κ2) is 10.8. The number of cyclic esters (lactones) is 1. The van der Waals surface area contributed by atoms with E-state index in [1.165, 1.54) is 0 Å². The van der Waals surface area contributed by atoms with Crippen LogP contribution in [0.1, 0.15) is 39.0 Å². The second-order valence-corrected chi connectivity index (χ2v) is 11.1. The minimum absolute atomic E-state index is 0.0640. The molecule has 0 aliphatic carbocycles. The Bertz CT molecular complexity index is 1360. The van der Waals surface area contributed by atoms with Gasteiger partial charge in [0.2, 0.25) is 5.91 Å². The third kappa shape index (κ3) is 4.41. The summed E-state index contributed by atoms with van der Waals surface area (Å²) in [5.74, 6) is -2.73. The van der Waals surface area contributed by atoms with Crippen molar-refractivity contribution in [3.63, 3.8) is 0 Å². The molecule has 0 bridgehead atoms. The summed E-state index contributed by atoms with van der Waals surface area (Å²) in [6, 6.07) is 6.59. The monoisotopic (exact) mass is 549 g/mol. The summed E-state index contributed by atoms with van der Waals surface area (Å²) in [5, 5.41) is 17.7. The van der Waals surface area contributed by atoms with Crippen molar-refractivity contribution in [1.29, 1.82) is 0 Å². The van der Waals surface area contributed by atoms with Crippen LogP contribution in [0.4, 0.5) is 0 Å². The molecule has 2 aromatic rings. The number of para-hydroxylation sites is 1. The summed E-state index contributed by atoms with van der Waals surface area (Å²) in [6.45, 7) is 2.68. The Hall–Kier alpha value is -3.57. The third-order valence-electron chi connectivity index (χ3n) is 8.51. The first kappa shape index (κ1) is 26.6. The molecule has 11 nitrogen and oxygen atoms in total. The van der Waals surface area contributed by atoms with Gasteiger partial charge in [0.15, 0.2) is 0 Å². The van der Waals surface area contributed by atoms with Gasteiger partial charge in [0.1, 0.15) is 29.7 Å². The molecule has 1 aromatic carbocycles. The van der Waals surface area contributed by atoms with Gasteiger partial charge in [0.05, 0.1) is 23.6 Å². The Labute approximate surface area is 232 Å². The zero-order valence-corrected chi connectivity index (χ0v) is 22.6. The van der Waals surface area contributed by atoms with Crippen molar-refractivity contribution in [2.24, 2.45) is 11.8 Å². The van der Waals surface area contributed by atoms with Crippen LogP contribution in [-0.4, -0.2) is 91.2 Å². The van der Waals surface area contributed by atoms with Gasteiger partial charge in [-0.1, -0.05) is 41.7 Å². The number of nitrogens with zero attached hydrogens (tertiary/aromatic N) is 5. The zero-order valence-electron chi connectivity index (χ0n) is 22.6. The molecule has 2 amide bonds. The van der Waals surface area contributed by atoms with Gasteiger partial charge in [-0.2, -0.15) is 0 Å². The maximum atomic E-state index is 14.4. The summed E-state index contributed by atoms with van der Waals surface area (Å²) in [4.78, 5) is 45.3. The predicted molar refractivity (Wildman–Crippen MR) is 143 cm³/mol. The number of aliphatic hydroxyl groups is 1. The number of esters is 1. The van der Waals surface area contributed by atoms with Gasteiger partial charge >= 0.3 is 5.97 Å². The molecular weight excluding hydrogens is 514 g/mol. The lowest BCUT2D eigenvalue weighted by atomic mass is 9.78. The van der Waals surface area contributed by atoms with Gasteiger partial charge < -0.3 is 24.4 Å². The number of hydrogen-bond donors (Lipinski definition) is 1. The molecule has 212 valence electrons. The Morgan fingerprint density at radius 3 is 2.80 bits per heavy atom. The number of carbonyl (C=O) groups is 3. The van der Waals surface area contributed by atoms with Crippen molar-refractivity contribution in [1.82, 2.24) is 24.8 Å². The van der Waals surface area contributed by atoms with Crippen LogP contribution in [-0.2, 0) is 30.5 Å². The second-order valence-electron chi connectivity index (χ2n) is 11.1. The Morgan fingerprint density at radius 2 is 1.95 bits per heavy atom. The highest BCUT2D eigenvalue weighted by Gasteiger charge is 2.71. The minimum Gasteiger partial charge on any atom is -0.462 e. The molecule has 2 saturated heterocycles. The molecule has 4 aliphatic heterocycles. The topological polar surface area (TPSA) is 127 Å². The third-order valence-corrected chi connectivity index (χ3v) is 8.51. The molecule has 1 N–H and O–H groups in total. The fraction of sp³-hybridized carbons (Fsp3) is 0.552. The number of allylic oxidation sites excluding steroid dienone is 1. The largest absolute Gasteiger partial charge is 0.462 e. The van der Waals surface area contributed by atoms with Crippen molar-refractivity contribution in [2.75, 3.05) is 19.7 Å². The molecule has 0 radical (unpaired) electrons. The highest BCUT2D eigenvalue weighted by molar-refractivity contribution is 5.99. The van der Waals surface area contributed by atoms with E-state index in [1.54, 1.807) is 14.5 Å². The number of ether oxygens (including phenoxy) is 2. The van der Waals surface area contributed by atoms with Gasteiger partial charge in [-0.05, 0) is 51.2 Å². The zero-order chi connectivity index (χ0) is 27.9. The number of amides is 2. The fourth-order valence-corrected chi connectivity index (χ4v) is 6.62. The van der Waals surface area contributed by atoms with Crippen molar-refractivity contribution in [3.05, 3.63) is 48.6 Å². The maximum absolute atomic E-state index is 14.4. The molecule has 11 heteroatoms. The Kier molecular flexibility index (Phi) is 7.18. The van der Waals surface area contributed by atoms with E-state index >= 15 is 0 Å². The molecule has 4 aliphatic rings. The average molecular weight is 550 g/mol. The summed E-state index contributed by atoms with van der Waals surface area (Å²) in [5.41, 5.74) is 0.225. The summed E-state index contributed by atoms with van der Waals surface area (Å²) < 4.78 is 14.1. The lowest BCUT2D eigenvalue weighted by Crippen LogP contribution is -2.55. The van der Waals surface area contributed by atoms with Gasteiger partial charge in [-0.3, -0.25) is 14.4 Å². The number of benzene rings is 1. The molecule has 1 aromatic heterocycles. The molecule has 2 fully saturated rings. The van der Waals surface area contributed by atoms with Crippen LogP contribution in [0.2, 0.25) is 0 Å². The van der Waals surface area contributed by atoms with Gasteiger partial charge in [0, 0.05) is 19.7 Å². The standard InChI is InChI=1S/C29H35N5O6/c1-19-10-3-6-13-22-23(28(38)39-19)24-26(36)33(16-7-2-8-17-35)25-27(37)32(15-9-14-29(24,25)40-22)18-34-21-12-5-4-11-20(21)30-31-34/h4-6,9,11-14,19,22-25,35H,2-3,7-8,10,15-18H2,1H3/b13-6-/t19?,22-,23?,24+,25-,29?/m1/s1. The fourth-order valence-electron chi connectivity index (χ4n) is 6.62. The highest BCUT2D eigenvalue weighted by atomic mass is 16.6. The van der Waals surface area contributed by atoms with E-state index in [-0.39, 0.29) is 31.2 Å². The lowest BCUT2D eigenvalue weighted by Gasteiger charge is -2.35. The van der Waals surface area contributed by atoms with Crippen LogP contribution >= 0.6 is 0 Å². The van der Waals surface area contributed by atoms with Crippen LogP contribution in [0.25, 0.3) is 11.0 Å². The van der Waals surface area contributed by atoms with Gasteiger partial charge in [-0.25, -0.2) is 4.68 Å². The van der Waals surface area contributed by atoms with E-state index in [1.807, 2.05) is 55.5 Å². The Balaban J connectivity index is 1.37. The lowest BCUT2D eigenvalue weighted by molar-refractivity contribution is -0.158. The van der Waals surface area contributed by atoms with Crippen LogP contribution in [0.3, 0.4) is 0 Å². The van der Waals surface area contributed by atoms with Crippen molar-refractivity contribution in [2.45, 2.75) is 69.5 Å². The van der Waals surface area contributed by atoms with E-state index in [0.29, 0.717) is 38.8 Å². The van der Waals surface area contributed by atoms with Gasteiger partial charge in [0.25, 0.3) is 5.91 Å². The number of unbranched alkanes of at least 4 members (excludes halogenated alkanes) is 2. The number of aliphatic hydroxyl groups excluding tert-OH is 1. The molecule has 1 spiro atoms. The molecular formula is C29H35N5O6. The molecule has 40 heavy (non-hydrogen) atoms. The molecule has 5 heterocycles. The quantitative estimate of drug-likeness (QED) is 0.315. The smallest absolute Gasteiger partial charge is 0.313 e. The SMILES string of the molecule is CC1CC/C=C\[C@H]2OC34C=CCN(Cn5nnc6ccccc65)C(=O)[C@H]3N(CCCCCO)C(=O)[C@@H]4C2C(=O)O1. The van der Waals surface area contributed by atoms with E-state index in [4.69, 9.17) is 9.47 Å². The summed E-state index contributed by atoms with van der Waals surface area (Å²) in [7, 11) is 0. The number of aromatic nitrogens is 3. The van der Waals surface area contributed by atoms with E-state index in [2.05, 4.69) is 10.3 Å². The molecule has 6 rings (SSSR count).